The Kier molecular flexibility index (Phi) is 17.1. The van der Waals surface area contributed by atoms with Gasteiger partial charge in [0.1, 0.15) is 0 Å². The van der Waals surface area contributed by atoms with E-state index in [0.29, 0.717) is 39.6 Å². The first-order valence-corrected chi connectivity index (χ1v) is 15.0. The molecule has 0 aliphatic heterocycles. The summed E-state index contributed by atoms with van der Waals surface area (Å²) in [6.45, 7) is 17.4. The van der Waals surface area contributed by atoms with Crippen molar-refractivity contribution in [3.8, 4) is 0 Å². The van der Waals surface area contributed by atoms with Gasteiger partial charge in [-0.2, -0.15) is 0 Å². The SMILES string of the molecule is CCCCCCCC([Si](OCC)(OCC)OCC)[Si](OCC)(OCC)OCC. The third-order valence-corrected chi connectivity index (χ3v) is 13.1. The Morgan fingerprint density at radius 1 is 0.464 bits per heavy atom. The fraction of sp³-hybridized carbons (Fsp3) is 1.00. The fourth-order valence-corrected chi connectivity index (χ4v) is 12.1. The molecule has 0 bridgehead atoms. The van der Waals surface area contributed by atoms with Gasteiger partial charge in [-0.15, -0.1) is 0 Å². The quantitative estimate of drug-likeness (QED) is 0.189. The summed E-state index contributed by atoms with van der Waals surface area (Å²) in [6.07, 6.45) is 6.85. The summed E-state index contributed by atoms with van der Waals surface area (Å²) in [4.78, 5) is 0. The Balaban J connectivity index is 5.97. The summed E-state index contributed by atoms with van der Waals surface area (Å²) in [5, 5.41) is -0.110. The lowest BCUT2D eigenvalue weighted by atomic mass is 10.1. The average molecular weight is 439 g/mol. The molecule has 6 nitrogen and oxygen atoms in total. The van der Waals surface area contributed by atoms with Crippen LogP contribution in [-0.2, 0) is 26.6 Å². The zero-order chi connectivity index (χ0) is 21.3. The van der Waals surface area contributed by atoms with Crippen LogP contribution < -0.4 is 0 Å². The molecule has 8 heteroatoms. The van der Waals surface area contributed by atoms with E-state index in [9.17, 15) is 0 Å². The molecule has 0 spiro atoms. The normalized spacial score (nSPS) is 12.9. The first kappa shape index (κ1) is 28.2. The molecule has 0 aromatic heterocycles. The van der Waals surface area contributed by atoms with Crippen LogP contribution in [0, 0.1) is 0 Å². The smallest absolute Gasteiger partial charge is 0.374 e. The van der Waals surface area contributed by atoms with Crippen LogP contribution in [0.15, 0.2) is 0 Å². The van der Waals surface area contributed by atoms with Crippen molar-refractivity contribution in [2.75, 3.05) is 39.6 Å². The largest absolute Gasteiger partial charge is 0.508 e. The summed E-state index contributed by atoms with van der Waals surface area (Å²) in [5.41, 5.74) is 0. The van der Waals surface area contributed by atoms with Gasteiger partial charge in [-0.3, -0.25) is 0 Å². The lowest BCUT2D eigenvalue weighted by molar-refractivity contribution is 0.0310. The molecule has 0 saturated carbocycles. The minimum atomic E-state index is -3.05. The summed E-state index contributed by atoms with van der Waals surface area (Å²) >= 11 is 0. The Hall–Kier alpha value is 0.194. The molecule has 0 heterocycles. The second-order valence-corrected chi connectivity index (χ2v) is 12.7. The summed E-state index contributed by atoms with van der Waals surface area (Å²) < 4.78 is 37.7. The van der Waals surface area contributed by atoms with E-state index < -0.39 is 17.6 Å². The van der Waals surface area contributed by atoms with Crippen LogP contribution in [0.1, 0.15) is 87.0 Å². The van der Waals surface area contributed by atoms with Gasteiger partial charge in [0.2, 0.25) is 0 Å². The van der Waals surface area contributed by atoms with Crippen LogP contribution in [0.2, 0.25) is 5.16 Å². The van der Waals surface area contributed by atoms with Crippen molar-refractivity contribution in [2.24, 2.45) is 0 Å². The fourth-order valence-electron chi connectivity index (χ4n) is 3.58. The second kappa shape index (κ2) is 16.9. The predicted octanol–water partition coefficient (Wildman–Crippen LogP) is 5.35. The molecular weight excluding hydrogens is 392 g/mol. The Morgan fingerprint density at radius 3 is 1.07 bits per heavy atom. The zero-order valence-corrected chi connectivity index (χ0v) is 21.5. The molecule has 0 unspecified atom stereocenters. The molecule has 0 rings (SSSR count). The first-order valence-electron chi connectivity index (χ1n) is 11.4. The lowest BCUT2D eigenvalue weighted by Crippen LogP contribution is -2.64. The lowest BCUT2D eigenvalue weighted by Gasteiger charge is -2.42. The number of hydrogen-bond acceptors (Lipinski definition) is 6. The van der Waals surface area contributed by atoms with E-state index in [-0.39, 0.29) is 5.16 Å². The molecule has 0 N–H and O–H groups in total. The van der Waals surface area contributed by atoms with Crippen molar-refractivity contribution in [2.45, 2.75) is 92.2 Å². The maximum Gasteiger partial charge on any atom is 0.508 e. The van der Waals surface area contributed by atoms with Crippen molar-refractivity contribution in [3.63, 3.8) is 0 Å². The van der Waals surface area contributed by atoms with Crippen LogP contribution in [-0.4, -0.2) is 57.3 Å². The van der Waals surface area contributed by atoms with Gasteiger partial charge in [0.15, 0.2) is 0 Å². The molecule has 0 saturated heterocycles. The highest BCUT2D eigenvalue weighted by atomic mass is 28.5. The van der Waals surface area contributed by atoms with E-state index in [4.69, 9.17) is 26.6 Å². The van der Waals surface area contributed by atoms with Crippen molar-refractivity contribution in [1.82, 2.24) is 0 Å². The number of unbranched alkanes of at least 4 members (excludes halogenated alkanes) is 4. The Labute approximate surface area is 176 Å². The Bertz CT molecular complexity index is 300. The topological polar surface area (TPSA) is 55.4 Å². The van der Waals surface area contributed by atoms with Crippen LogP contribution in [0.25, 0.3) is 0 Å². The minimum absolute atomic E-state index is 0.110. The van der Waals surface area contributed by atoms with E-state index in [1.54, 1.807) is 0 Å². The van der Waals surface area contributed by atoms with E-state index in [1.165, 1.54) is 25.7 Å². The molecule has 0 aliphatic rings. The molecule has 0 fully saturated rings. The van der Waals surface area contributed by atoms with E-state index >= 15 is 0 Å². The van der Waals surface area contributed by atoms with E-state index in [2.05, 4.69) is 6.92 Å². The third-order valence-electron chi connectivity index (χ3n) is 4.52. The highest BCUT2D eigenvalue weighted by molar-refractivity contribution is 6.82. The summed E-state index contributed by atoms with van der Waals surface area (Å²) in [7, 11) is -6.11. The van der Waals surface area contributed by atoms with Gasteiger partial charge in [-0.25, -0.2) is 0 Å². The molecule has 0 aromatic carbocycles. The molecule has 0 atom stereocenters. The molecule has 0 aliphatic carbocycles. The molecule has 170 valence electrons. The minimum Gasteiger partial charge on any atom is -0.374 e. The van der Waals surface area contributed by atoms with Gasteiger partial charge in [-0.05, 0) is 48.0 Å². The molecule has 0 amide bonds. The van der Waals surface area contributed by atoms with Gasteiger partial charge in [0, 0.05) is 39.6 Å². The average Bonchev–Trinajstić information content (AvgIpc) is 2.65. The molecule has 0 aromatic rings. The summed E-state index contributed by atoms with van der Waals surface area (Å²) in [5.74, 6) is 0. The van der Waals surface area contributed by atoms with Crippen molar-refractivity contribution >= 4 is 17.6 Å². The standard InChI is InChI=1S/C20H46O6Si2/c1-8-15-16-17-18-19-20(27(21-9-2,22-10-3)23-11-4)28(24-12-5,25-13-6)26-14-7/h20H,8-19H2,1-7H3. The van der Waals surface area contributed by atoms with Gasteiger partial charge < -0.3 is 26.6 Å². The predicted molar refractivity (Wildman–Crippen MR) is 118 cm³/mol. The molecule has 28 heavy (non-hydrogen) atoms. The Morgan fingerprint density at radius 2 is 0.786 bits per heavy atom. The van der Waals surface area contributed by atoms with Gasteiger partial charge in [-0.1, -0.05) is 39.0 Å². The van der Waals surface area contributed by atoms with Gasteiger partial charge in [0.25, 0.3) is 0 Å². The third kappa shape index (κ3) is 8.91. The second-order valence-electron chi connectivity index (χ2n) is 6.56. The van der Waals surface area contributed by atoms with E-state index in [1.807, 2.05) is 41.5 Å². The number of hydrogen-bond donors (Lipinski definition) is 0. The highest BCUT2D eigenvalue weighted by Crippen LogP contribution is 2.41. The van der Waals surface area contributed by atoms with Crippen molar-refractivity contribution in [1.29, 1.82) is 0 Å². The van der Waals surface area contributed by atoms with Crippen LogP contribution >= 0.6 is 0 Å². The molecule has 0 radical (unpaired) electrons. The monoisotopic (exact) mass is 438 g/mol. The zero-order valence-electron chi connectivity index (χ0n) is 19.5. The first-order chi connectivity index (χ1) is 13.6. The van der Waals surface area contributed by atoms with Crippen LogP contribution in [0.4, 0.5) is 0 Å². The van der Waals surface area contributed by atoms with Crippen molar-refractivity contribution < 1.29 is 26.6 Å². The van der Waals surface area contributed by atoms with E-state index in [0.717, 1.165) is 12.8 Å². The summed E-state index contributed by atoms with van der Waals surface area (Å²) in [6, 6.07) is 0. The highest BCUT2D eigenvalue weighted by Gasteiger charge is 2.65. The molecular formula is C20H46O6Si2. The van der Waals surface area contributed by atoms with Crippen LogP contribution in [0.5, 0.6) is 0 Å². The maximum absolute atomic E-state index is 6.28. The van der Waals surface area contributed by atoms with Crippen molar-refractivity contribution in [3.05, 3.63) is 0 Å². The maximum atomic E-state index is 6.28. The van der Waals surface area contributed by atoms with Gasteiger partial charge in [0.05, 0.1) is 5.16 Å². The number of rotatable bonds is 20. The van der Waals surface area contributed by atoms with Gasteiger partial charge >= 0.3 is 17.6 Å². The van der Waals surface area contributed by atoms with Crippen LogP contribution in [0.3, 0.4) is 0 Å².